The first kappa shape index (κ1) is 29.3. The van der Waals surface area contributed by atoms with Crippen molar-refractivity contribution < 1.29 is 20.1 Å². The fourth-order valence-corrected chi connectivity index (χ4v) is 7.48. The van der Waals surface area contributed by atoms with Crippen LogP contribution in [0.2, 0.25) is 0 Å². The van der Waals surface area contributed by atoms with E-state index >= 15 is 0 Å². The normalized spacial score (nSPS) is 34.4. The molecular weight excluding hydrogens is 448 g/mol. The van der Waals surface area contributed by atoms with Gasteiger partial charge in [-0.15, -0.1) is 0 Å². The third-order valence-corrected chi connectivity index (χ3v) is 9.65. The topological polar surface area (TPSA) is 77.8 Å². The van der Waals surface area contributed by atoms with Crippen LogP contribution in [0.4, 0.5) is 0 Å². The van der Waals surface area contributed by atoms with Crippen LogP contribution in [0.25, 0.3) is 0 Å². The van der Waals surface area contributed by atoms with Gasteiger partial charge in [0, 0.05) is 12.8 Å². The Bertz CT molecular complexity index is 845. The van der Waals surface area contributed by atoms with E-state index in [0.717, 1.165) is 24.0 Å². The summed E-state index contributed by atoms with van der Waals surface area (Å²) in [6, 6.07) is 0. The van der Waals surface area contributed by atoms with Crippen molar-refractivity contribution in [2.75, 3.05) is 0 Å². The Labute approximate surface area is 220 Å². The maximum Gasteiger partial charge on any atom is 0.163 e. The second-order valence-electron chi connectivity index (χ2n) is 13.3. The molecule has 0 aromatic rings. The lowest BCUT2D eigenvalue weighted by Gasteiger charge is -2.45. The molecular formula is C32H52O4. The molecule has 204 valence electrons. The van der Waals surface area contributed by atoms with Gasteiger partial charge in [-0.25, -0.2) is 0 Å². The Morgan fingerprint density at radius 2 is 1.89 bits per heavy atom. The molecule has 4 nitrogen and oxygen atoms in total. The minimum atomic E-state index is -1.25. The second-order valence-corrected chi connectivity index (χ2v) is 13.3. The number of aliphatic hydroxyl groups excluding tert-OH is 2. The molecule has 0 aromatic heterocycles. The standard InChI is InChI=1S/C32H52O4/c1-21(2)9-7-10-23(14-17-30(35)31(4,5)36)27-15-16-28-24(11-8-18-32(27,28)6)12-13-25-19-26(33)20-29(34)22(25)3/h12-13,21,23,26-29,33-34,36H,3,7-11,14-20H2,1-2,4-6H3/b24-12+,25-13-/t23?,26-,27-,28+,29?,32?/m1/s1. The van der Waals surface area contributed by atoms with Crippen LogP contribution < -0.4 is 0 Å². The summed E-state index contributed by atoms with van der Waals surface area (Å²) in [5.74, 6) is 2.33. The molecule has 3 unspecified atom stereocenters. The molecule has 0 bridgehead atoms. The predicted octanol–water partition coefficient (Wildman–Crippen LogP) is 6.69. The van der Waals surface area contributed by atoms with Gasteiger partial charge in [-0.05, 0) is 99.0 Å². The maximum absolute atomic E-state index is 12.6. The van der Waals surface area contributed by atoms with E-state index in [0.29, 0.717) is 42.9 Å². The lowest BCUT2D eigenvalue weighted by atomic mass is 9.60. The predicted molar refractivity (Wildman–Crippen MR) is 147 cm³/mol. The molecule has 0 radical (unpaired) electrons. The number of Topliss-reactive ketones (excluding diaryl/α,β-unsaturated/α-hetero) is 1. The lowest BCUT2D eigenvalue weighted by Crippen LogP contribution is -2.37. The van der Waals surface area contributed by atoms with Crippen LogP contribution in [0.1, 0.15) is 112 Å². The summed E-state index contributed by atoms with van der Waals surface area (Å²) in [5, 5.41) is 30.6. The summed E-state index contributed by atoms with van der Waals surface area (Å²) < 4.78 is 0. The molecule has 0 saturated heterocycles. The maximum atomic E-state index is 12.6. The molecule has 4 heteroatoms. The minimum absolute atomic E-state index is 0.0380. The minimum Gasteiger partial charge on any atom is -0.393 e. The van der Waals surface area contributed by atoms with Crippen LogP contribution in [0.3, 0.4) is 0 Å². The zero-order valence-corrected chi connectivity index (χ0v) is 23.6. The first-order valence-electron chi connectivity index (χ1n) is 14.5. The van der Waals surface area contributed by atoms with Crippen molar-refractivity contribution in [3.8, 4) is 0 Å². The molecule has 6 atom stereocenters. The number of rotatable bonds is 10. The number of hydrogen-bond donors (Lipinski definition) is 3. The summed E-state index contributed by atoms with van der Waals surface area (Å²) in [5.41, 5.74) is 2.23. The van der Waals surface area contributed by atoms with Crippen molar-refractivity contribution >= 4 is 5.78 Å². The van der Waals surface area contributed by atoms with Crippen LogP contribution in [-0.2, 0) is 4.79 Å². The van der Waals surface area contributed by atoms with E-state index in [4.69, 9.17) is 0 Å². The summed E-state index contributed by atoms with van der Waals surface area (Å²) in [4.78, 5) is 12.6. The van der Waals surface area contributed by atoms with Gasteiger partial charge in [0.1, 0.15) is 5.60 Å². The van der Waals surface area contributed by atoms with E-state index in [2.05, 4.69) is 39.5 Å². The number of ketones is 1. The van der Waals surface area contributed by atoms with E-state index in [1.54, 1.807) is 13.8 Å². The van der Waals surface area contributed by atoms with Crippen molar-refractivity contribution in [3.63, 3.8) is 0 Å². The third-order valence-electron chi connectivity index (χ3n) is 9.65. The van der Waals surface area contributed by atoms with Gasteiger partial charge in [-0.1, -0.05) is 64.3 Å². The number of allylic oxidation sites excluding steroid dienone is 3. The SMILES string of the molecule is C=C1/C(=C\C=C2/CCCC3(C)[C@@H](C(CCCC(C)C)CCC(=O)C(C)(C)O)CC[C@@H]23)C[C@@H](O)CC1O. The number of carbonyl (C=O) groups is 1. The Morgan fingerprint density at radius 1 is 1.17 bits per heavy atom. The number of hydrogen-bond acceptors (Lipinski definition) is 4. The van der Waals surface area contributed by atoms with Crippen molar-refractivity contribution in [1.82, 2.24) is 0 Å². The second kappa shape index (κ2) is 12.1. The Morgan fingerprint density at radius 3 is 2.56 bits per heavy atom. The monoisotopic (exact) mass is 500 g/mol. The average molecular weight is 501 g/mol. The van der Waals surface area contributed by atoms with Gasteiger partial charge < -0.3 is 15.3 Å². The molecule has 3 saturated carbocycles. The van der Waals surface area contributed by atoms with Crippen molar-refractivity contribution in [1.29, 1.82) is 0 Å². The van der Waals surface area contributed by atoms with E-state index in [1.807, 2.05) is 0 Å². The van der Waals surface area contributed by atoms with Crippen LogP contribution >= 0.6 is 0 Å². The fourth-order valence-electron chi connectivity index (χ4n) is 7.48. The average Bonchev–Trinajstić information content (AvgIpc) is 3.13. The first-order valence-corrected chi connectivity index (χ1v) is 14.5. The number of carbonyl (C=O) groups excluding carboxylic acids is 1. The summed E-state index contributed by atoms with van der Waals surface area (Å²) in [7, 11) is 0. The van der Waals surface area contributed by atoms with Crippen molar-refractivity contribution in [2.24, 2.45) is 29.1 Å². The molecule has 0 heterocycles. The Kier molecular flexibility index (Phi) is 9.85. The van der Waals surface area contributed by atoms with Gasteiger partial charge in [-0.3, -0.25) is 4.79 Å². The van der Waals surface area contributed by atoms with Crippen molar-refractivity contribution in [3.05, 3.63) is 35.5 Å². The molecule has 36 heavy (non-hydrogen) atoms. The molecule has 3 aliphatic rings. The lowest BCUT2D eigenvalue weighted by molar-refractivity contribution is -0.134. The Balaban J connectivity index is 1.79. The molecule has 0 aliphatic heterocycles. The smallest absolute Gasteiger partial charge is 0.163 e. The van der Waals surface area contributed by atoms with Crippen LogP contribution in [0.5, 0.6) is 0 Å². The Hall–Kier alpha value is -1.23. The van der Waals surface area contributed by atoms with Gasteiger partial charge in [0.25, 0.3) is 0 Å². The quantitative estimate of drug-likeness (QED) is 0.312. The third kappa shape index (κ3) is 6.99. The highest BCUT2D eigenvalue weighted by atomic mass is 16.3. The van der Waals surface area contributed by atoms with Crippen LogP contribution in [0.15, 0.2) is 35.5 Å². The van der Waals surface area contributed by atoms with Gasteiger partial charge in [0.15, 0.2) is 5.78 Å². The number of fused-ring (bicyclic) bond motifs is 1. The number of aliphatic hydroxyl groups is 3. The molecule has 3 fully saturated rings. The molecule has 0 amide bonds. The largest absolute Gasteiger partial charge is 0.393 e. The molecule has 3 N–H and O–H groups in total. The molecule has 0 spiro atoms. The van der Waals surface area contributed by atoms with E-state index in [9.17, 15) is 20.1 Å². The first-order chi connectivity index (χ1) is 16.8. The van der Waals surface area contributed by atoms with Crippen LogP contribution in [-0.4, -0.2) is 38.9 Å². The highest BCUT2D eigenvalue weighted by molar-refractivity contribution is 5.86. The van der Waals surface area contributed by atoms with Gasteiger partial charge in [0.05, 0.1) is 12.2 Å². The van der Waals surface area contributed by atoms with E-state index in [1.165, 1.54) is 50.5 Å². The molecule has 3 rings (SSSR count). The summed E-state index contributed by atoms with van der Waals surface area (Å²) >= 11 is 0. The summed E-state index contributed by atoms with van der Waals surface area (Å²) in [6.45, 7) is 14.4. The van der Waals surface area contributed by atoms with Crippen LogP contribution in [0, 0.1) is 29.1 Å². The zero-order chi connectivity index (χ0) is 26.7. The zero-order valence-electron chi connectivity index (χ0n) is 23.6. The molecule has 3 aliphatic carbocycles. The summed E-state index contributed by atoms with van der Waals surface area (Å²) in [6.07, 6.45) is 15.1. The van der Waals surface area contributed by atoms with Gasteiger partial charge in [-0.2, -0.15) is 0 Å². The highest BCUT2D eigenvalue weighted by Gasteiger charge is 2.51. The highest BCUT2D eigenvalue weighted by Crippen LogP contribution is 2.60. The van der Waals surface area contributed by atoms with Gasteiger partial charge >= 0.3 is 0 Å². The van der Waals surface area contributed by atoms with Gasteiger partial charge in [0.2, 0.25) is 0 Å². The molecule has 0 aromatic carbocycles. The van der Waals surface area contributed by atoms with E-state index < -0.39 is 17.8 Å². The van der Waals surface area contributed by atoms with Crippen molar-refractivity contribution in [2.45, 2.75) is 129 Å². The van der Waals surface area contributed by atoms with E-state index in [-0.39, 0.29) is 11.2 Å². The fraction of sp³-hybridized carbons (Fsp3) is 0.781.